The summed E-state index contributed by atoms with van der Waals surface area (Å²) in [5, 5.41) is 4.09. The number of rotatable bonds is 3. The van der Waals surface area contributed by atoms with Crippen LogP contribution in [0, 0.1) is 19.3 Å². The zero-order chi connectivity index (χ0) is 15.0. The van der Waals surface area contributed by atoms with Crippen molar-refractivity contribution in [1.82, 2.24) is 9.88 Å². The second-order valence-corrected chi connectivity index (χ2v) is 5.41. The average Bonchev–Trinajstić information content (AvgIpc) is 3.29. The van der Waals surface area contributed by atoms with Crippen LogP contribution < -0.4 is 10.9 Å². The maximum Gasteiger partial charge on any atom is 0.268 e. The lowest BCUT2D eigenvalue weighted by molar-refractivity contribution is 0.0948. The molecule has 0 atom stereocenters. The Morgan fingerprint density at radius 1 is 1.43 bits per heavy atom. The first-order valence-electron chi connectivity index (χ1n) is 6.99. The van der Waals surface area contributed by atoms with E-state index in [4.69, 9.17) is 6.42 Å². The van der Waals surface area contributed by atoms with E-state index >= 15 is 0 Å². The molecule has 1 aromatic heterocycles. The van der Waals surface area contributed by atoms with Crippen molar-refractivity contribution in [3.8, 4) is 12.3 Å². The van der Waals surface area contributed by atoms with E-state index in [1.807, 2.05) is 25.1 Å². The lowest BCUT2D eigenvalue weighted by Gasteiger charge is -2.13. The number of nitrogens with one attached hydrogen (secondary N) is 1. The van der Waals surface area contributed by atoms with E-state index < -0.39 is 0 Å². The van der Waals surface area contributed by atoms with Crippen molar-refractivity contribution in [2.45, 2.75) is 25.8 Å². The highest BCUT2D eigenvalue weighted by molar-refractivity contribution is 5.97. The van der Waals surface area contributed by atoms with Gasteiger partial charge in [0.1, 0.15) is 5.69 Å². The van der Waals surface area contributed by atoms with Gasteiger partial charge in [-0.25, -0.2) is 0 Å². The standard InChI is InChI=1S/C17H16N2O2/c1-3-8-18-16(20)15-10-12-5-4-11(2)9-14(12)17(21)19(15)13-6-7-13/h1,4-5,9-10,13H,6-8H2,2H3,(H,18,20). The van der Waals surface area contributed by atoms with Crippen molar-refractivity contribution in [2.75, 3.05) is 6.54 Å². The molecule has 0 bridgehead atoms. The van der Waals surface area contributed by atoms with Crippen LogP contribution in [0.2, 0.25) is 0 Å². The van der Waals surface area contributed by atoms with Crippen molar-refractivity contribution in [3.05, 3.63) is 45.9 Å². The predicted molar refractivity (Wildman–Crippen MR) is 82.4 cm³/mol. The molecule has 0 unspecified atom stereocenters. The zero-order valence-corrected chi connectivity index (χ0v) is 11.8. The smallest absolute Gasteiger partial charge is 0.268 e. The number of carbonyl (C=O) groups is 1. The Balaban J connectivity index is 2.21. The summed E-state index contributed by atoms with van der Waals surface area (Å²) in [7, 11) is 0. The number of aryl methyl sites for hydroxylation is 1. The van der Waals surface area contributed by atoms with Gasteiger partial charge in [0.25, 0.3) is 11.5 Å². The highest BCUT2D eigenvalue weighted by Gasteiger charge is 2.29. The fraction of sp³-hybridized carbons (Fsp3) is 0.294. The fourth-order valence-electron chi connectivity index (χ4n) is 2.53. The van der Waals surface area contributed by atoms with E-state index in [1.165, 1.54) is 0 Å². The van der Waals surface area contributed by atoms with Crippen LogP contribution in [-0.2, 0) is 0 Å². The Morgan fingerprint density at radius 2 is 2.19 bits per heavy atom. The largest absolute Gasteiger partial charge is 0.340 e. The summed E-state index contributed by atoms with van der Waals surface area (Å²) >= 11 is 0. The molecular formula is C17H16N2O2. The van der Waals surface area contributed by atoms with Gasteiger partial charge in [0.2, 0.25) is 0 Å². The third kappa shape index (κ3) is 2.43. The molecule has 1 fully saturated rings. The number of hydrogen-bond donors (Lipinski definition) is 1. The normalized spacial score (nSPS) is 13.9. The first kappa shape index (κ1) is 13.4. The van der Waals surface area contributed by atoms with Crippen LogP contribution in [0.4, 0.5) is 0 Å². The molecule has 21 heavy (non-hydrogen) atoms. The lowest BCUT2D eigenvalue weighted by atomic mass is 10.1. The minimum absolute atomic E-state index is 0.0930. The molecule has 4 heteroatoms. The Bertz CT molecular complexity index is 823. The van der Waals surface area contributed by atoms with Crippen LogP contribution >= 0.6 is 0 Å². The molecule has 0 radical (unpaired) electrons. The zero-order valence-electron chi connectivity index (χ0n) is 11.8. The number of amides is 1. The van der Waals surface area contributed by atoms with Crippen LogP contribution in [0.1, 0.15) is 34.9 Å². The third-order valence-electron chi connectivity index (χ3n) is 3.71. The van der Waals surface area contributed by atoms with Crippen LogP contribution in [0.15, 0.2) is 29.1 Å². The van der Waals surface area contributed by atoms with Gasteiger partial charge in [-0.15, -0.1) is 6.42 Å². The number of pyridine rings is 1. The van der Waals surface area contributed by atoms with Crippen molar-refractivity contribution >= 4 is 16.7 Å². The topological polar surface area (TPSA) is 51.1 Å². The number of carbonyl (C=O) groups excluding carboxylic acids is 1. The molecule has 106 valence electrons. The highest BCUT2D eigenvalue weighted by atomic mass is 16.2. The van der Waals surface area contributed by atoms with E-state index in [0.717, 1.165) is 23.8 Å². The summed E-state index contributed by atoms with van der Waals surface area (Å²) in [5.74, 6) is 2.08. The molecule has 2 aromatic rings. The van der Waals surface area contributed by atoms with Crippen LogP contribution in [0.5, 0.6) is 0 Å². The van der Waals surface area contributed by atoms with Gasteiger partial charge in [-0.05, 0) is 37.3 Å². The van der Waals surface area contributed by atoms with E-state index in [9.17, 15) is 9.59 Å². The molecule has 1 N–H and O–H groups in total. The number of terminal acetylenes is 1. The summed E-state index contributed by atoms with van der Waals surface area (Å²) in [5.41, 5.74) is 1.34. The second-order valence-electron chi connectivity index (χ2n) is 5.41. The van der Waals surface area contributed by atoms with E-state index in [-0.39, 0.29) is 24.1 Å². The van der Waals surface area contributed by atoms with Crippen LogP contribution in [-0.4, -0.2) is 17.0 Å². The Kier molecular flexibility index (Phi) is 3.26. The SMILES string of the molecule is C#CCNC(=O)c1cc2ccc(C)cc2c(=O)n1C1CC1. The minimum atomic E-state index is -0.292. The number of benzene rings is 1. The fourth-order valence-corrected chi connectivity index (χ4v) is 2.53. The lowest BCUT2D eigenvalue weighted by Crippen LogP contribution is -2.32. The van der Waals surface area contributed by atoms with Gasteiger partial charge in [0.05, 0.1) is 6.54 Å². The molecule has 0 aliphatic heterocycles. The number of fused-ring (bicyclic) bond motifs is 1. The van der Waals surface area contributed by atoms with Gasteiger partial charge < -0.3 is 9.88 Å². The summed E-state index contributed by atoms with van der Waals surface area (Å²) < 4.78 is 1.62. The van der Waals surface area contributed by atoms with Gasteiger partial charge in [-0.3, -0.25) is 9.59 Å². The molecule has 4 nitrogen and oxygen atoms in total. The molecule has 3 rings (SSSR count). The molecule has 1 heterocycles. The van der Waals surface area contributed by atoms with Crippen molar-refractivity contribution in [2.24, 2.45) is 0 Å². The Hall–Kier alpha value is -2.54. The summed E-state index contributed by atoms with van der Waals surface area (Å²) in [6, 6.07) is 7.60. The van der Waals surface area contributed by atoms with E-state index in [0.29, 0.717) is 11.1 Å². The Labute approximate surface area is 122 Å². The first-order valence-corrected chi connectivity index (χ1v) is 6.99. The van der Waals surface area contributed by atoms with Crippen molar-refractivity contribution < 1.29 is 4.79 Å². The molecule has 1 amide bonds. The molecule has 1 aliphatic rings. The van der Waals surface area contributed by atoms with E-state index in [2.05, 4.69) is 11.2 Å². The number of hydrogen-bond acceptors (Lipinski definition) is 2. The number of nitrogens with zero attached hydrogens (tertiary/aromatic N) is 1. The monoisotopic (exact) mass is 280 g/mol. The van der Waals surface area contributed by atoms with Gasteiger partial charge in [0, 0.05) is 11.4 Å². The van der Waals surface area contributed by atoms with Crippen LogP contribution in [0.3, 0.4) is 0 Å². The van der Waals surface area contributed by atoms with Gasteiger partial charge in [0.15, 0.2) is 0 Å². The molecule has 0 spiro atoms. The maximum absolute atomic E-state index is 12.7. The molecule has 1 aliphatic carbocycles. The summed E-state index contributed by atoms with van der Waals surface area (Å²) in [4.78, 5) is 25.0. The van der Waals surface area contributed by atoms with Crippen LogP contribution in [0.25, 0.3) is 10.8 Å². The van der Waals surface area contributed by atoms with Gasteiger partial charge >= 0.3 is 0 Å². The molecular weight excluding hydrogens is 264 g/mol. The average molecular weight is 280 g/mol. The number of aromatic nitrogens is 1. The van der Waals surface area contributed by atoms with Crippen molar-refractivity contribution in [3.63, 3.8) is 0 Å². The predicted octanol–water partition coefficient (Wildman–Crippen LogP) is 2.01. The summed E-state index contributed by atoms with van der Waals surface area (Å²) in [6.07, 6.45) is 7.04. The Morgan fingerprint density at radius 3 is 2.86 bits per heavy atom. The quantitative estimate of drug-likeness (QED) is 0.874. The molecule has 1 aromatic carbocycles. The first-order chi connectivity index (χ1) is 10.1. The highest BCUT2D eigenvalue weighted by Crippen LogP contribution is 2.35. The molecule has 1 saturated carbocycles. The molecule has 0 saturated heterocycles. The van der Waals surface area contributed by atoms with Gasteiger partial charge in [-0.1, -0.05) is 23.6 Å². The maximum atomic E-state index is 12.7. The van der Waals surface area contributed by atoms with Gasteiger partial charge in [-0.2, -0.15) is 0 Å². The van der Waals surface area contributed by atoms with E-state index in [1.54, 1.807) is 10.6 Å². The minimum Gasteiger partial charge on any atom is -0.340 e. The second kappa shape index (κ2) is 5.10. The summed E-state index contributed by atoms with van der Waals surface area (Å²) in [6.45, 7) is 2.11. The van der Waals surface area contributed by atoms with Crippen molar-refractivity contribution in [1.29, 1.82) is 0 Å². The third-order valence-corrected chi connectivity index (χ3v) is 3.71.